The second-order valence-corrected chi connectivity index (χ2v) is 6.33. The predicted molar refractivity (Wildman–Crippen MR) is 90.4 cm³/mol. The zero-order chi connectivity index (χ0) is 18.4. The summed E-state index contributed by atoms with van der Waals surface area (Å²) in [4.78, 5) is 22.6. The molecule has 4 heterocycles. The van der Waals surface area contributed by atoms with E-state index >= 15 is 0 Å². The number of nitrogens with zero attached hydrogens (tertiary/aromatic N) is 7. The fourth-order valence-corrected chi connectivity index (χ4v) is 3.48. The summed E-state index contributed by atoms with van der Waals surface area (Å²) in [6.07, 6.45) is 4.47. The van der Waals surface area contributed by atoms with Crippen LogP contribution in [0, 0.1) is 5.82 Å². The van der Waals surface area contributed by atoms with E-state index < -0.39 is 0 Å². The summed E-state index contributed by atoms with van der Waals surface area (Å²) in [6.45, 7) is 0.592. The molecule has 27 heavy (non-hydrogen) atoms. The molecule has 0 spiro atoms. The smallest absolute Gasteiger partial charge is 0.259 e. The molecule has 2 N–H and O–H groups in total. The molecule has 0 radical (unpaired) electrons. The van der Waals surface area contributed by atoms with Crippen molar-refractivity contribution in [3.05, 3.63) is 47.9 Å². The molecular weight excluding hydrogens is 353 g/mol. The van der Waals surface area contributed by atoms with E-state index in [9.17, 15) is 9.18 Å². The lowest BCUT2D eigenvalue weighted by molar-refractivity contribution is 0.0730. The third kappa shape index (κ3) is 2.55. The number of fused-ring (bicyclic) bond motifs is 1. The minimum atomic E-state index is -0.332. The summed E-state index contributed by atoms with van der Waals surface area (Å²) in [5, 5.41) is 17.7. The van der Waals surface area contributed by atoms with Gasteiger partial charge in [0.15, 0.2) is 5.82 Å². The molecule has 0 saturated carbocycles. The van der Waals surface area contributed by atoms with Crippen molar-refractivity contribution in [2.75, 3.05) is 6.54 Å². The summed E-state index contributed by atoms with van der Waals surface area (Å²) in [5.74, 6) is 0.529. The summed E-state index contributed by atoms with van der Waals surface area (Å²) in [6, 6.07) is 4.18. The van der Waals surface area contributed by atoms with Crippen LogP contribution in [0.5, 0.6) is 0 Å². The van der Waals surface area contributed by atoms with E-state index in [1.807, 2.05) is 0 Å². The van der Waals surface area contributed by atoms with Crippen LogP contribution >= 0.6 is 0 Å². The van der Waals surface area contributed by atoms with E-state index in [2.05, 4.69) is 35.7 Å². The van der Waals surface area contributed by atoms with Crippen LogP contribution in [-0.2, 0) is 0 Å². The predicted octanol–water partition coefficient (Wildman–Crippen LogP) is 1.38. The molecule has 136 valence electrons. The maximum absolute atomic E-state index is 13.5. The van der Waals surface area contributed by atoms with Gasteiger partial charge in [0, 0.05) is 6.54 Å². The first-order chi connectivity index (χ1) is 13.2. The molecule has 0 bridgehead atoms. The Kier molecular flexibility index (Phi) is 3.45. The summed E-state index contributed by atoms with van der Waals surface area (Å²) in [7, 11) is 0. The minimum Gasteiger partial charge on any atom is -0.340 e. The number of aromatic amines is 2. The monoisotopic (exact) mass is 367 g/mol. The fraction of sp³-hybridized carbons (Fsp3) is 0.250. The number of carbonyl (C=O) groups excluding carboxylic acids is 1. The van der Waals surface area contributed by atoms with Crippen molar-refractivity contribution in [2.45, 2.75) is 18.9 Å². The van der Waals surface area contributed by atoms with E-state index in [1.165, 1.54) is 29.3 Å². The van der Waals surface area contributed by atoms with Gasteiger partial charge in [0.1, 0.15) is 23.5 Å². The molecule has 4 aromatic rings. The normalized spacial score (nSPS) is 17.1. The first kappa shape index (κ1) is 15.6. The number of hydrogen-bond donors (Lipinski definition) is 2. The third-order valence-corrected chi connectivity index (χ3v) is 4.72. The molecule has 1 fully saturated rings. The lowest BCUT2D eigenvalue weighted by atomic mass is 10.2. The van der Waals surface area contributed by atoms with Gasteiger partial charge in [-0.1, -0.05) is 0 Å². The highest BCUT2D eigenvalue weighted by atomic mass is 19.1. The van der Waals surface area contributed by atoms with Crippen LogP contribution < -0.4 is 0 Å². The van der Waals surface area contributed by atoms with Gasteiger partial charge in [-0.2, -0.15) is 9.78 Å². The molecule has 1 aliphatic rings. The Morgan fingerprint density at radius 1 is 1.33 bits per heavy atom. The van der Waals surface area contributed by atoms with Crippen molar-refractivity contribution in [2.24, 2.45) is 0 Å². The van der Waals surface area contributed by atoms with Gasteiger partial charge < -0.3 is 9.88 Å². The number of carbonyl (C=O) groups is 1. The number of benzene rings is 1. The molecule has 0 unspecified atom stereocenters. The topological polar surface area (TPSA) is 121 Å². The average Bonchev–Trinajstić information content (AvgIpc) is 3.46. The summed E-state index contributed by atoms with van der Waals surface area (Å²) < 4.78 is 14.8. The number of amides is 1. The molecule has 1 atom stereocenters. The van der Waals surface area contributed by atoms with Gasteiger partial charge >= 0.3 is 0 Å². The largest absolute Gasteiger partial charge is 0.340 e. The van der Waals surface area contributed by atoms with Gasteiger partial charge in [0.05, 0.1) is 23.3 Å². The molecule has 10 nitrogen and oxygen atoms in total. The maximum atomic E-state index is 13.5. The lowest BCUT2D eigenvalue weighted by Crippen LogP contribution is -2.31. The van der Waals surface area contributed by atoms with Crippen LogP contribution in [0.2, 0.25) is 0 Å². The van der Waals surface area contributed by atoms with Crippen molar-refractivity contribution in [3.63, 3.8) is 0 Å². The Labute approximate surface area is 151 Å². The summed E-state index contributed by atoms with van der Waals surface area (Å²) >= 11 is 0. The lowest BCUT2D eigenvalue weighted by Gasteiger charge is -2.23. The highest BCUT2D eigenvalue weighted by molar-refractivity contribution is 5.97. The van der Waals surface area contributed by atoms with Gasteiger partial charge in [-0.15, -0.1) is 5.10 Å². The maximum Gasteiger partial charge on any atom is 0.259 e. The third-order valence-electron chi connectivity index (χ3n) is 4.72. The Bertz CT molecular complexity index is 1120. The molecule has 1 aromatic carbocycles. The van der Waals surface area contributed by atoms with Gasteiger partial charge in [0.25, 0.3) is 5.91 Å². The number of imidazole rings is 1. The molecule has 5 rings (SSSR count). The highest BCUT2D eigenvalue weighted by Gasteiger charge is 2.34. The first-order valence-corrected chi connectivity index (χ1v) is 8.43. The molecular formula is C16H14FN9O. The molecule has 11 heteroatoms. The van der Waals surface area contributed by atoms with Crippen LogP contribution in [0.25, 0.3) is 16.9 Å². The Balaban J connectivity index is 1.49. The molecule has 3 aromatic heterocycles. The first-order valence-electron chi connectivity index (χ1n) is 8.43. The van der Waals surface area contributed by atoms with Crippen LogP contribution in [0.15, 0.2) is 30.7 Å². The van der Waals surface area contributed by atoms with Crippen LogP contribution in [0.1, 0.15) is 35.1 Å². The standard InChI is InChI=1S/C16H14FN9O/c17-9-3-4-11-12(6-9)21-14(20-11)13-2-1-5-25(13)16(27)10-7-18-22-15(10)26-8-19-23-24-26/h3-4,6-8,13H,1-2,5H2,(H,18,22)(H,20,21)/t13-/m1/s1. The molecule has 0 aliphatic carbocycles. The fourth-order valence-electron chi connectivity index (χ4n) is 3.48. The van der Waals surface area contributed by atoms with Crippen LogP contribution in [0.4, 0.5) is 4.39 Å². The van der Waals surface area contributed by atoms with Crippen molar-refractivity contribution in [1.29, 1.82) is 0 Å². The van der Waals surface area contributed by atoms with Gasteiger partial charge in [-0.25, -0.2) is 9.37 Å². The number of likely N-dealkylation sites (tertiary alicyclic amines) is 1. The number of hydrogen-bond acceptors (Lipinski definition) is 6. The van der Waals surface area contributed by atoms with Crippen LogP contribution in [-0.4, -0.2) is 57.7 Å². The second-order valence-electron chi connectivity index (χ2n) is 6.33. The minimum absolute atomic E-state index is 0.191. The van der Waals surface area contributed by atoms with Gasteiger partial charge in [-0.05, 0) is 41.5 Å². The Hall–Kier alpha value is -3.63. The molecule has 1 saturated heterocycles. The van der Waals surface area contributed by atoms with E-state index in [1.54, 1.807) is 11.0 Å². The quantitative estimate of drug-likeness (QED) is 0.564. The molecule has 1 aliphatic heterocycles. The SMILES string of the molecule is O=C(c1cn[nH]c1-n1cnnn1)N1CCC[C@@H]1c1nc2ccc(F)cc2[nH]1. The average molecular weight is 367 g/mol. The van der Waals surface area contributed by atoms with Crippen molar-refractivity contribution in [3.8, 4) is 5.82 Å². The number of aromatic nitrogens is 8. The van der Waals surface area contributed by atoms with Crippen molar-refractivity contribution in [1.82, 2.24) is 45.3 Å². The zero-order valence-corrected chi connectivity index (χ0v) is 14.0. The van der Waals surface area contributed by atoms with Gasteiger partial charge in [-0.3, -0.25) is 9.89 Å². The number of halogens is 1. The number of tetrazole rings is 1. The zero-order valence-electron chi connectivity index (χ0n) is 14.0. The second kappa shape index (κ2) is 5.97. The van der Waals surface area contributed by atoms with Crippen molar-refractivity contribution >= 4 is 16.9 Å². The van der Waals surface area contributed by atoms with E-state index in [-0.39, 0.29) is 17.8 Å². The van der Waals surface area contributed by atoms with Crippen molar-refractivity contribution < 1.29 is 9.18 Å². The van der Waals surface area contributed by atoms with E-state index in [4.69, 9.17) is 0 Å². The summed E-state index contributed by atoms with van der Waals surface area (Å²) in [5.41, 5.74) is 1.65. The number of rotatable bonds is 3. The Morgan fingerprint density at radius 2 is 2.26 bits per heavy atom. The number of nitrogens with one attached hydrogen (secondary N) is 2. The van der Waals surface area contributed by atoms with Crippen LogP contribution in [0.3, 0.4) is 0 Å². The highest BCUT2D eigenvalue weighted by Crippen LogP contribution is 2.33. The van der Waals surface area contributed by atoms with E-state index in [0.717, 1.165) is 12.8 Å². The van der Waals surface area contributed by atoms with E-state index in [0.29, 0.717) is 34.8 Å². The Morgan fingerprint density at radius 3 is 3.11 bits per heavy atom. The van der Waals surface area contributed by atoms with Gasteiger partial charge in [0.2, 0.25) is 0 Å². The number of H-pyrrole nitrogens is 2. The molecule has 1 amide bonds.